The summed E-state index contributed by atoms with van der Waals surface area (Å²) >= 11 is 0. The zero-order valence-electron chi connectivity index (χ0n) is 16.5. The van der Waals surface area contributed by atoms with Crippen molar-refractivity contribution in [2.75, 3.05) is 31.5 Å². The first-order chi connectivity index (χ1) is 13.2. The number of amides is 1. The smallest absolute Gasteiger partial charge is 0.253 e. The molecular formula is C23H31N3O. The number of nitrogens with zero attached hydrogens (tertiary/aromatic N) is 2. The van der Waals surface area contributed by atoms with Crippen molar-refractivity contribution in [1.82, 2.24) is 9.80 Å². The van der Waals surface area contributed by atoms with Gasteiger partial charge in [0.15, 0.2) is 0 Å². The molecule has 0 radical (unpaired) electrons. The molecule has 3 rings (SSSR count). The molecule has 4 nitrogen and oxygen atoms in total. The lowest BCUT2D eigenvalue weighted by molar-refractivity contribution is 0.0773. The van der Waals surface area contributed by atoms with E-state index in [0.29, 0.717) is 6.04 Å². The van der Waals surface area contributed by atoms with E-state index >= 15 is 0 Å². The zero-order chi connectivity index (χ0) is 19.1. The van der Waals surface area contributed by atoms with Gasteiger partial charge in [-0.25, -0.2) is 0 Å². The molecule has 4 heteroatoms. The summed E-state index contributed by atoms with van der Waals surface area (Å²) in [5.41, 5.74) is 3.26. The summed E-state index contributed by atoms with van der Waals surface area (Å²) in [6, 6.07) is 19.1. The summed E-state index contributed by atoms with van der Waals surface area (Å²) < 4.78 is 0. The lowest BCUT2D eigenvalue weighted by Gasteiger charge is -2.33. The molecule has 1 saturated heterocycles. The van der Waals surface area contributed by atoms with Gasteiger partial charge in [-0.1, -0.05) is 30.3 Å². The van der Waals surface area contributed by atoms with Crippen LogP contribution in [0.15, 0.2) is 54.6 Å². The number of benzene rings is 2. The molecule has 0 bridgehead atoms. The lowest BCUT2D eigenvalue weighted by atomic mass is 10.0. The molecule has 1 amide bonds. The van der Waals surface area contributed by atoms with Crippen LogP contribution in [0.25, 0.3) is 0 Å². The van der Waals surface area contributed by atoms with E-state index in [1.807, 2.05) is 43.0 Å². The molecule has 0 atom stereocenters. The lowest BCUT2D eigenvalue weighted by Crippen LogP contribution is -2.38. The van der Waals surface area contributed by atoms with E-state index in [1.54, 1.807) is 0 Å². The number of hydrogen-bond donors (Lipinski definition) is 1. The maximum atomic E-state index is 12.4. The van der Waals surface area contributed by atoms with Gasteiger partial charge in [-0.05, 0) is 56.5 Å². The SMILES string of the molecule is CCN(CC)C(=O)c1ccc(NC2CCN(Cc3ccccc3)CC2)cc1. The van der Waals surface area contributed by atoms with E-state index in [1.165, 1.54) is 5.56 Å². The Morgan fingerprint density at radius 3 is 2.22 bits per heavy atom. The minimum absolute atomic E-state index is 0.112. The molecule has 1 fully saturated rings. The van der Waals surface area contributed by atoms with Crippen molar-refractivity contribution < 1.29 is 4.79 Å². The second-order valence-electron chi connectivity index (χ2n) is 7.24. The van der Waals surface area contributed by atoms with Crippen LogP contribution in [0.1, 0.15) is 42.6 Å². The van der Waals surface area contributed by atoms with Crippen molar-refractivity contribution in [1.29, 1.82) is 0 Å². The fourth-order valence-electron chi connectivity index (χ4n) is 3.72. The number of carbonyl (C=O) groups excluding carboxylic acids is 1. The van der Waals surface area contributed by atoms with E-state index < -0.39 is 0 Å². The predicted octanol–water partition coefficient (Wildman–Crippen LogP) is 4.25. The molecule has 2 aromatic rings. The maximum absolute atomic E-state index is 12.4. The standard InChI is InChI=1S/C23H31N3O/c1-3-26(4-2)23(27)20-10-12-21(13-11-20)24-22-14-16-25(17-15-22)18-19-8-6-5-7-9-19/h5-13,22,24H,3-4,14-18H2,1-2H3. The first-order valence-electron chi connectivity index (χ1n) is 10.1. The average Bonchev–Trinajstić information content (AvgIpc) is 2.72. The van der Waals surface area contributed by atoms with Crippen LogP contribution in [0.4, 0.5) is 5.69 Å². The third kappa shape index (κ3) is 5.33. The first kappa shape index (κ1) is 19.4. The molecule has 1 aliphatic heterocycles. The molecule has 1 N–H and O–H groups in total. The third-order valence-corrected chi connectivity index (χ3v) is 5.39. The van der Waals surface area contributed by atoms with Crippen molar-refractivity contribution in [3.8, 4) is 0 Å². The number of likely N-dealkylation sites (tertiary alicyclic amines) is 1. The highest BCUT2D eigenvalue weighted by Gasteiger charge is 2.19. The molecular weight excluding hydrogens is 334 g/mol. The summed E-state index contributed by atoms with van der Waals surface area (Å²) in [6.45, 7) is 8.79. The van der Waals surface area contributed by atoms with Crippen LogP contribution in [0, 0.1) is 0 Å². The van der Waals surface area contributed by atoms with E-state index in [9.17, 15) is 4.79 Å². The maximum Gasteiger partial charge on any atom is 0.253 e. The number of anilines is 1. The highest BCUT2D eigenvalue weighted by atomic mass is 16.2. The van der Waals surface area contributed by atoms with Gasteiger partial charge in [0, 0.05) is 50.0 Å². The van der Waals surface area contributed by atoms with Gasteiger partial charge in [-0.2, -0.15) is 0 Å². The Bertz CT molecular complexity index is 702. The molecule has 2 aromatic carbocycles. The number of hydrogen-bond acceptors (Lipinski definition) is 3. The van der Waals surface area contributed by atoms with E-state index in [-0.39, 0.29) is 5.91 Å². The highest BCUT2D eigenvalue weighted by Crippen LogP contribution is 2.19. The van der Waals surface area contributed by atoms with Gasteiger partial charge in [0.2, 0.25) is 0 Å². The Morgan fingerprint density at radius 1 is 1.00 bits per heavy atom. The van der Waals surface area contributed by atoms with Gasteiger partial charge in [0.1, 0.15) is 0 Å². The second-order valence-corrected chi connectivity index (χ2v) is 7.24. The highest BCUT2D eigenvalue weighted by molar-refractivity contribution is 5.94. The Hall–Kier alpha value is -2.33. The van der Waals surface area contributed by atoms with Gasteiger partial charge in [0.05, 0.1) is 0 Å². The van der Waals surface area contributed by atoms with Crippen LogP contribution < -0.4 is 5.32 Å². The zero-order valence-corrected chi connectivity index (χ0v) is 16.5. The number of carbonyl (C=O) groups is 1. The van der Waals surface area contributed by atoms with Crippen LogP contribution in [0.3, 0.4) is 0 Å². The predicted molar refractivity (Wildman–Crippen MR) is 112 cm³/mol. The Balaban J connectivity index is 1.48. The molecule has 27 heavy (non-hydrogen) atoms. The van der Waals surface area contributed by atoms with Gasteiger partial charge in [-0.3, -0.25) is 9.69 Å². The van der Waals surface area contributed by atoms with E-state index in [4.69, 9.17) is 0 Å². The monoisotopic (exact) mass is 365 g/mol. The molecule has 0 aromatic heterocycles. The van der Waals surface area contributed by atoms with Crippen LogP contribution in [0.5, 0.6) is 0 Å². The van der Waals surface area contributed by atoms with Crippen LogP contribution in [-0.2, 0) is 6.54 Å². The fourth-order valence-corrected chi connectivity index (χ4v) is 3.72. The minimum atomic E-state index is 0.112. The molecule has 1 aliphatic rings. The van der Waals surface area contributed by atoms with E-state index in [2.05, 4.69) is 40.5 Å². The van der Waals surface area contributed by atoms with Crippen LogP contribution >= 0.6 is 0 Å². The molecule has 144 valence electrons. The van der Waals surface area contributed by atoms with Crippen molar-refractivity contribution >= 4 is 11.6 Å². The quantitative estimate of drug-likeness (QED) is 0.797. The Labute approximate surface area is 163 Å². The number of rotatable bonds is 7. The van der Waals surface area contributed by atoms with Crippen LogP contribution in [0.2, 0.25) is 0 Å². The average molecular weight is 366 g/mol. The number of piperidine rings is 1. The minimum Gasteiger partial charge on any atom is -0.382 e. The van der Waals surface area contributed by atoms with E-state index in [0.717, 1.165) is 56.8 Å². The fraction of sp³-hybridized carbons (Fsp3) is 0.435. The molecule has 1 heterocycles. The Kier molecular flexibility index (Phi) is 6.88. The largest absolute Gasteiger partial charge is 0.382 e. The summed E-state index contributed by atoms with van der Waals surface area (Å²) in [4.78, 5) is 16.8. The summed E-state index contributed by atoms with van der Waals surface area (Å²) in [5.74, 6) is 0.112. The molecule has 0 saturated carbocycles. The summed E-state index contributed by atoms with van der Waals surface area (Å²) in [7, 11) is 0. The van der Waals surface area contributed by atoms with Crippen LogP contribution in [-0.4, -0.2) is 47.9 Å². The first-order valence-corrected chi connectivity index (χ1v) is 10.1. The van der Waals surface area contributed by atoms with Crippen molar-refractivity contribution in [2.24, 2.45) is 0 Å². The molecule has 0 aliphatic carbocycles. The summed E-state index contributed by atoms with van der Waals surface area (Å²) in [6.07, 6.45) is 2.29. The second kappa shape index (κ2) is 9.56. The molecule has 0 spiro atoms. The van der Waals surface area contributed by atoms with Crippen molar-refractivity contribution in [2.45, 2.75) is 39.3 Å². The summed E-state index contributed by atoms with van der Waals surface area (Å²) in [5, 5.41) is 3.64. The number of nitrogens with one attached hydrogen (secondary N) is 1. The molecule has 0 unspecified atom stereocenters. The third-order valence-electron chi connectivity index (χ3n) is 5.39. The van der Waals surface area contributed by atoms with Crippen molar-refractivity contribution in [3.05, 3.63) is 65.7 Å². The normalized spacial score (nSPS) is 15.5. The Morgan fingerprint density at radius 2 is 1.63 bits per heavy atom. The topological polar surface area (TPSA) is 35.6 Å². The van der Waals surface area contributed by atoms with Gasteiger partial charge in [0.25, 0.3) is 5.91 Å². The van der Waals surface area contributed by atoms with Gasteiger partial charge >= 0.3 is 0 Å². The van der Waals surface area contributed by atoms with Gasteiger partial charge < -0.3 is 10.2 Å². The van der Waals surface area contributed by atoms with Crippen molar-refractivity contribution in [3.63, 3.8) is 0 Å². The van der Waals surface area contributed by atoms with Gasteiger partial charge in [-0.15, -0.1) is 0 Å².